The van der Waals surface area contributed by atoms with E-state index in [-0.39, 0.29) is 5.54 Å². The minimum Gasteiger partial charge on any atom is -0.324 e. The third kappa shape index (κ3) is 1.12. The maximum atomic E-state index is 8.54. The van der Waals surface area contributed by atoms with Gasteiger partial charge in [-0.1, -0.05) is 18.6 Å². The number of fused-ring (bicyclic) bond motifs is 1. The summed E-state index contributed by atoms with van der Waals surface area (Å²) in [6, 6.07) is 2.09. The van der Waals surface area contributed by atoms with Crippen molar-refractivity contribution in [2.45, 2.75) is 31.7 Å². The fraction of sp³-hybridized carbons (Fsp3) is 0.545. The molecule has 2 nitrogen and oxygen atoms in total. The van der Waals surface area contributed by atoms with Gasteiger partial charge in [-0.15, -0.1) is 0 Å². The molecule has 0 aromatic carbocycles. The van der Waals surface area contributed by atoms with E-state index in [2.05, 4.69) is 19.1 Å². The summed E-state index contributed by atoms with van der Waals surface area (Å²) < 4.78 is 0. The normalized spacial score (nSPS) is 39.3. The van der Waals surface area contributed by atoms with Gasteiger partial charge in [0.05, 0.1) is 6.07 Å². The molecule has 13 heavy (non-hydrogen) atoms. The molecule has 2 heteroatoms. The summed E-state index contributed by atoms with van der Waals surface area (Å²) in [5.41, 5.74) is 8.83. The number of nitrogens with zero attached hydrogens (tertiary/aromatic N) is 1. The molecule has 0 aromatic heterocycles. The van der Waals surface area contributed by atoms with Gasteiger partial charge >= 0.3 is 0 Å². The van der Waals surface area contributed by atoms with E-state index >= 15 is 0 Å². The Bertz CT molecular complexity index is 332. The third-order valence-corrected chi connectivity index (χ3v) is 3.21. The van der Waals surface area contributed by atoms with Gasteiger partial charge in [0, 0.05) is 17.5 Å². The lowest BCUT2D eigenvalue weighted by Gasteiger charge is -2.44. The number of hydrogen-bond donors (Lipinski definition) is 1. The van der Waals surface area contributed by atoms with E-state index in [0.717, 1.165) is 19.3 Å². The summed E-state index contributed by atoms with van der Waals surface area (Å²) in [6.45, 7) is 2.16. The minimum atomic E-state index is -0.0337. The zero-order chi connectivity index (χ0) is 9.47. The van der Waals surface area contributed by atoms with Crippen LogP contribution < -0.4 is 5.73 Å². The van der Waals surface area contributed by atoms with Crippen molar-refractivity contribution in [3.63, 3.8) is 0 Å². The van der Waals surface area contributed by atoms with Crippen LogP contribution in [-0.4, -0.2) is 5.54 Å². The van der Waals surface area contributed by atoms with Crippen molar-refractivity contribution in [2.24, 2.45) is 11.7 Å². The molecule has 0 unspecified atom stereocenters. The molecule has 0 aliphatic heterocycles. The van der Waals surface area contributed by atoms with E-state index in [1.165, 1.54) is 11.1 Å². The number of nitrogens with two attached hydrogens (primary N) is 1. The van der Waals surface area contributed by atoms with Gasteiger partial charge in [0.25, 0.3) is 0 Å². The average Bonchev–Trinajstić information content (AvgIpc) is 2.35. The first kappa shape index (κ1) is 8.52. The van der Waals surface area contributed by atoms with Crippen molar-refractivity contribution in [1.82, 2.24) is 0 Å². The second-order valence-corrected chi connectivity index (χ2v) is 4.09. The van der Waals surface area contributed by atoms with Crippen LogP contribution in [0.1, 0.15) is 26.2 Å². The Labute approximate surface area is 78.7 Å². The highest BCUT2D eigenvalue weighted by atomic mass is 14.8. The van der Waals surface area contributed by atoms with E-state index in [4.69, 9.17) is 11.0 Å². The first-order valence-corrected chi connectivity index (χ1v) is 4.76. The molecule has 0 bridgehead atoms. The second-order valence-electron chi connectivity index (χ2n) is 4.09. The fourth-order valence-corrected chi connectivity index (χ4v) is 2.47. The SMILES string of the molecule is CCC1=C[C@H]2/C(=C/C#N)C[C@@]2(N)C1. The predicted octanol–water partition coefficient (Wildman–Crippen LogP) is 1.89. The molecule has 0 radical (unpaired) electrons. The van der Waals surface area contributed by atoms with E-state index in [1.807, 2.05) is 0 Å². The van der Waals surface area contributed by atoms with Gasteiger partial charge in [-0.05, 0) is 24.8 Å². The average molecular weight is 174 g/mol. The molecule has 0 heterocycles. The van der Waals surface area contributed by atoms with Gasteiger partial charge in [-0.25, -0.2) is 0 Å². The van der Waals surface area contributed by atoms with Crippen LogP contribution in [0.2, 0.25) is 0 Å². The molecule has 1 fully saturated rings. The van der Waals surface area contributed by atoms with Crippen molar-refractivity contribution in [2.75, 3.05) is 0 Å². The molecule has 2 aliphatic carbocycles. The van der Waals surface area contributed by atoms with E-state index in [9.17, 15) is 0 Å². The molecule has 2 N–H and O–H groups in total. The monoisotopic (exact) mass is 174 g/mol. The Morgan fingerprint density at radius 2 is 2.54 bits per heavy atom. The number of rotatable bonds is 1. The van der Waals surface area contributed by atoms with Crippen molar-refractivity contribution in [3.05, 3.63) is 23.3 Å². The third-order valence-electron chi connectivity index (χ3n) is 3.21. The van der Waals surface area contributed by atoms with Crippen LogP contribution in [0.5, 0.6) is 0 Å². The van der Waals surface area contributed by atoms with Crippen molar-refractivity contribution >= 4 is 0 Å². The van der Waals surface area contributed by atoms with E-state index < -0.39 is 0 Å². The maximum Gasteiger partial charge on any atom is 0.0911 e. The highest BCUT2D eigenvalue weighted by molar-refractivity contribution is 5.42. The number of nitriles is 1. The van der Waals surface area contributed by atoms with Crippen LogP contribution in [0.25, 0.3) is 0 Å². The fourth-order valence-electron chi connectivity index (χ4n) is 2.47. The topological polar surface area (TPSA) is 49.8 Å². The molecule has 2 aliphatic rings. The lowest BCUT2D eigenvalue weighted by molar-refractivity contribution is 0.279. The zero-order valence-electron chi connectivity index (χ0n) is 7.88. The highest BCUT2D eigenvalue weighted by Crippen LogP contribution is 2.51. The highest BCUT2D eigenvalue weighted by Gasteiger charge is 2.49. The van der Waals surface area contributed by atoms with Gasteiger partial charge in [0.15, 0.2) is 0 Å². The summed E-state index contributed by atoms with van der Waals surface area (Å²) in [7, 11) is 0. The van der Waals surface area contributed by atoms with Crippen LogP contribution in [0.4, 0.5) is 0 Å². The Morgan fingerprint density at radius 3 is 3.15 bits per heavy atom. The van der Waals surface area contributed by atoms with Crippen molar-refractivity contribution in [1.29, 1.82) is 5.26 Å². The van der Waals surface area contributed by atoms with E-state index in [1.54, 1.807) is 6.08 Å². The van der Waals surface area contributed by atoms with Crippen molar-refractivity contribution < 1.29 is 0 Å². The van der Waals surface area contributed by atoms with Gasteiger partial charge in [-0.3, -0.25) is 0 Å². The van der Waals surface area contributed by atoms with Gasteiger partial charge in [0.2, 0.25) is 0 Å². The quantitative estimate of drug-likeness (QED) is 0.487. The largest absolute Gasteiger partial charge is 0.324 e. The first-order valence-electron chi connectivity index (χ1n) is 4.76. The Balaban J connectivity index is 2.21. The predicted molar refractivity (Wildman–Crippen MR) is 51.7 cm³/mol. The molecule has 68 valence electrons. The summed E-state index contributed by atoms with van der Waals surface area (Å²) in [5, 5.41) is 8.54. The molecule has 2 rings (SSSR count). The molecular weight excluding hydrogens is 160 g/mol. The second kappa shape index (κ2) is 2.71. The molecular formula is C11H14N2. The van der Waals surface area contributed by atoms with Crippen LogP contribution in [0.3, 0.4) is 0 Å². The minimum absolute atomic E-state index is 0.0337. The zero-order valence-corrected chi connectivity index (χ0v) is 7.88. The molecule has 0 saturated heterocycles. The molecule has 0 amide bonds. The molecule has 2 atom stereocenters. The lowest BCUT2D eigenvalue weighted by Crippen LogP contribution is -2.53. The molecule has 0 aromatic rings. The van der Waals surface area contributed by atoms with Gasteiger partial charge in [-0.2, -0.15) is 5.26 Å². The smallest absolute Gasteiger partial charge is 0.0911 e. The molecule has 0 spiro atoms. The molecule has 1 saturated carbocycles. The summed E-state index contributed by atoms with van der Waals surface area (Å²) in [4.78, 5) is 0. The summed E-state index contributed by atoms with van der Waals surface area (Å²) >= 11 is 0. The van der Waals surface area contributed by atoms with Crippen LogP contribution in [0, 0.1) is 17.2 Å². The summed E-state index contributed by atoms with van der Waals surface area (Å²) in [5.74, 6) is 0.363. The number of hydrogen-bond acceptors (Lipinski definition) is 2. The van der Waals surface area contributed by atoms with Crippen LogP contribution >= 0.6 is 0 Å². The lowest BCUT2D eigenvalue weighted by atomic mass is 9.65. The first-order chi connectivity index (χ1) is 6.19. The Morgan fingerprint density at radius 1 is 1.77 bits per heavy atom. The maximum absolute atomic E-state index is 8.54. The van der Waals surface area contributed by atoms with Crippen molar-refractivity contribution in [3.8, 4) is 6.07 Å². The van der Waals surface area contributed by atoms with Crippen LogP contribution in [0.15, 0.2) is 23.3 Å². The van der Waals surface area contributed by atoms with Gasteiger partial charge < -0.3 is 5.73 Å². The summed E-state index contributed by atoms with van der Waals surface area (Å²) in [6.07, 6.45) is 6.94. The Kier molecular flexibility index (Phi) is 1.78. The number of allylic oxidation sites excluding steroid dienone is 1. The van der Waals surface area contributed by atoms with Gasteiger partial charge in [0.1, 0.15) is 0 Å². The Hall–Kier alpha value is -1.07. The van der Waals surface area contributed by atoms with E-state index in [0.29, 0.717) is 5.92 Å². The standard InChI is InChI=1S/C11H14N2/c1-2-8-5-10-9(3-4-12)7-11(10,13)6-8/h3,5,10H,2,6-7,13H2,1H3/b9-3+/t10-,11-/m0/s1. The van der Waals surface area contributed by atoms with Crippen LogP contribution in [-0.2, 0) is 0 Å².